The van der Waals surface area contributed by atoms with E-state index in [2.05, 4.69) is 0 Å². The molecule has 0 bridgehead atoms. The molecule has 0 aromatic carbocycles. The summed E-state index contributed by atoms with van der Waals surface area (Å²) >= 11 is 0. The molecule has 10 heavy (non-hydrogen) atoms. The van der Waals surface area contributed by atoms with Crippen LogP contribution in [0.15, 0.2) is 0 Å². The number of carbonyl (C=O) groups excluding carboxylic acids is 1. The minimum Gasteiger partial charge on any atom is -0.369 e. The van der Waals surface area contributed by atoms with Crippen molar-refractivity contribution in [3.05, 3.63) is 0 Å². The van der Waals surface area contributed by atoms with Crippen molar-refractivity contribution < 1.29 is 9.53 Å². The van der Waals surface area contributed by atoms with E-state index in [-0.39, 0.29) is 17.9 Å². The van der Waals surface area contributed by atoms with Crippen LogP contribution in [-0.4, -0.2) is 24.5 Å². The zero-order chi connectivity index (χ0) is 7.56. The predicted molar refractivity (Wildman–Crippen MR) is 37.6 cm³/mol. The molecule has 1 aliphatic rings. The molecule has 0 spiro atoms. The second-order valence-electron chi connectivity index (χ2n) is 2.56. The van der Waals surface area contributed by atoms with Crippen LogP contribution in [0.5, 0.6) is 0 Å². The lowest BCUT2D eigenvalue weighted by atomic mass is 10.1. The van der Waals surface area contributed by atoms with Gasteiger partial charge in [-0.15, -0.1) is 0 Å². The van der Waals surface area contributed by atoms with Gasteiger partial charge in [-0.3, -0.25) is 4.79 Å². The van der Waals surface area contributed by atoms with Gasteiger partial charge in [0, 0.05) is 19.1 Å². The third kappa shape index (κ3) is 1.36. The van der Waals surface area contributed by atoms with Gasteiger partial charge in [0.1, 0.15) is 6.10 Å². The molecule has 2 atom stereocenters. The Kier molecular flexibility index (Phi) is 2.40. The van der Waals surface area contributed by atoms with Gasteiger partial charge in [0.25, 0.3) is 0 Å². The van der Waals surface area contributed by atoms with E-state index in [0.29, 0.717) is 13.0 Å². The highest BCUT2D eigenvalue weighted by Crippen LogP contribution is 2.12. The maximum atomic E-state index is 11.0. The van der Waals surface area contributed by atoms with Gasteiger partial charge >= 0.3 is 0 Å². The molecular weight excluding hydrogens is 130 g/mol. The number of hydrogen-bond donors (Lipinski definition) is 1. The van der Waals surface area contributed by atoms with Crippen LogP contribution in [0, 0.1) is 0 Å². The van der Waals surface area contributed by atoms with E-state index in [1.165, 1.54) is 0 Å². The van der Waals surface area contributed by atoms with Gasteiger partial charge in [0.2, 0.25) is 0 Å². The zero-order valence-corrected chi connectivity index (χ0v) is 6.17. The van der Waals surface area contributed by atoms with Crippen LogP contribution in [0.4, 0.5) is 0 Å². The van der Waals surface area contributed by atoms with Crippen LogP contribution in [0.1, 0.15) is 19.8 Å². The van der Waals surface area contributed by atoms with Crippen LogP contribution in [0.25, 0.3) is 0 Å². The van der Waals surface area contributed by atoms with Gasteiger partial charge in [-0.1, -0.05) is 6.92 Å². The summed E-state index contributed by atoms with van der Waals surface area (Å²) in [5, 5.41) is 0. The van der Waals surface area contributed by atoms with Crippen LogP contribution in [0.3, 0.4) is 0 Å². The summed E-state index contributed by atoms with van der Waals surface area (Å²) in [6, 6.07) is -0.0625. The first kappa shape index (κ1) is 7.69. The average Bonchev–Trinajstić information content (AvgIpc) is 2.34. The largest absolute Gasteiger partial charge is 0.369 e. The average molecular weight is 143 g/mol. The van der Waals surface area contributed by atoms with Gasteiger partial charge < -0.3 is 10.5 Å². The lowest BCUT2D eigenvalue weighted by Gasteiger charge is -2.10. The Morgan fingerprint density at radius 3 is 2.90 bits per heavy atom. The predicted octanol–water partition coefficient (Wildman–Crippen LogP) is 0.0817. The maximum absolute atomic E-state index is 11.0. The molecule has 1 heterocycles. The Balaban J connectivity index is 2.46. The van der Waals surface area contributed by atoms with Crippen molar-refractivity contribution in [1.29, 1.82) is 0 Å². The van der Waals surface area contributed by atoms with Crippen molar-refractivity contribution in [3.8, 4) is 0 Å². The zero-order valence-electron chi connectivity index (χ0n) is 6.17. The first-order chi connectivity index (χ1) is 4.75. The highest BCUT2D eigenvalue weighted by atomic mass is 16.5. The molecule has 0 radical (unpaired) electrons. The van der Waals surface area contributed by atoms with Gasteiger partial charge in [0.05, 0.1) is 0 Å². The monoisotopic (exact) mass is 143 g/mol. The molecule has 0 aromatic rings. The summed E-state index contributed by atoms with van der Waals surface area (Å²) in [5.74, 6) is 0.130. The molecular formula is C7H13NO2. The molecule has 3 heteroatoms. The van der Waals surface area contributed by atoms with Crippen LogP contribution >= 0.6 is 0 Å². The smallest absolute Gasteiger partial charge is 0.162 e. The highest BCUT2D eigenvalue weighted by Gasteiger charge is 2.29. The number of nitrogens with two attached hydrogens (primary N) is 1. The Bertz CT molecular complexity index is 136. The third-order valence-corrected chi connectivity index (χ3v) is 1.80. The van der Waals surface area contributed by atoms with Gasteiger partial charge in [-0.2, -0.15) is 0 Å². The SMILES string of the molecule is CCC(=O)[C@H]1OCC[C@H]1N. The van der Waals surface area contributed by atoms with Crippen molar-refractivity contribution >= 4 is 5.78 Å². The summed E-state index contributed by atoms with van der Waals surface area (Å²) < 4.78 is 5.14. The van der Waals surface area contributed by atoms with E-state index < -0.39 is 0 Å². The molecule has 1 rings (SSSR count). The highest BCUT2D eigenvalue weighted by molar-refractivity contribution is 5.83. The summed E-state index contributed by atoms with van der Waals surface area (Å²) in [7, 11) is 0. The molecule has 1 aliphatic heterocycles. The summed E-state index contributed by atoms with van der Waals surface area (Å²) in [6.07, 6.45) is 1.03. The molecule has 0 unspecified atom stereocenters. The Hall–Kier alpha value is -0.410. The summed E-state index contributed by atoms with van der Waals surface area (Å²) in [6.45, 7) is 2.47. The first-order valence-corrected chi connectivity index (χ1v) is 3.65. The van der Waals surface area contributed by atoms with E-state index in [1.807, 2.05) is 6.92 Å². The lowest BCUT2D eigenvalue weighted by molar-refractivity contribution is -0.127. The summed E-state index contributed by atoms with van der Waals surface area (Å²) in [5.41, 5.74) is 5.61. The van der Waals surface area contributed by atoms with E-state index in [1.54, 1.807) is 0 Å². The standard InChI is InChI=1S/C7H13NO2/c1-2-6(9)7-5(8)3-4-10-7/h5,7H,2-4,8H2,1H3/t5-,7+/m1/s1. The molecule has 2 N–H and O–H groups in total. The third-order valence-electron chi connectivity index (χ3n) is 1.80. The molecule has 0 aromatic heterocycles. The van der Waals surface area contributed by atoms with Crippen LogP contribution in [0.2, 0.25) is 0 Å². The molecule has 0 amide bonds. The van der Waals surface area contributed by atoms with E-state index in [0.717, 1.165) is 6.42 Å². The molecule has 0 saturated carbocycles. The van der Waals surface area contributed by atoms with E-state index >= 15 is 0 Å². The molecule has 1 saturated heterocycles. The van der Waals surface area contributed by atoms with Crippen molar-refractivity contribution in [2.24, 2.45) is 5.73 Å². The topological polar surface area (TPSA) is 52.3 Å². The molecule has 3 nitrogen and oxygen atoms in total. The van der Waals surface area contributed by atoms with Crippen LogP contribution in [-0.2, 0) is 9.53 Å². The van der Waals surface area contributed by atoms with Crippen LogP contribution < -0.4 is 5.73 Å². The first-order valence-electron chi connectivity index (χ1n) is 3.65. The van der Waals surface area contributed by atoms with E-state index in [4.69, 9.17) is 10.5 Å². The fourth-order valence-corrected chi connectivity index (χ4v) is 1.14. The lowest BCUT2D eigenvalue weighted by Crippen LogP contribution is -2.36. The number of Topliss-reactive ketones (excluding diaryl/α,β-unsaturated/α-hetero) is 1. The number of hydrogen-bond acceptors (Lipinski definition) is 3. The Morgan fingerprint density at radius 2 is 2.50 bits per heavy atom. The quantitative estimate of drug-likeness (QED) is 0.595. The fourth-order valence-electron chi connectivity index (χ4n) is 1.14. The second kappa shape index (κ2) is 3.12. The number of ketones is 1. The minimum absolute atomic E-state index is 0.0625. The van der Waals surface area contributed by atoms with Gasteiger partial charge in [0.15, 0.2) is 5.78 Å². The van der Waals surface area contributed by atoms with Crippen molar-refractivity contribution in [2.75, 3.05) is 6.61 Å². The second-order valence-corrected chi connectivity index (χ2v) is 2.56. The molecule has 58 valence electrons. The number of ether oxygens (including phenoxy) is 1. The van der Waals surface area contributed by atoms with E-state index in [9.17, 15) is 4.79 Å². The normalized spacial score (nSPS) is 32.6. The Labute approximate surface area is 60.5 Å². The number of carbonyl (C=O) groups is 1. The van der Waals surface area contributed by atoms with Gasteiger partial charge in [-0.05, 0) is 6.42 Å². The number of rotatable bonds is 2. The summed E-state index contributed by atoms with van der Waals surface area (Å²) in [4.78, 5) is 11.0. The van der Waals surface area contributed by atoms with Gasteiger partial charge in [-0.25, -0.2) is 0 Å². The molecule has 1 fully saturated rings. The fraction of sp³-hybridized carbons (Fsp3) is 0.857. The van der Waals surface area contributed by atoms with Crippen molar-refractivity contribution in [2.45, 2.75) is 31.9 Å². The maximum Gasteiger partial charge on any atom is 0.162 e. The molecule has 0 aliphatic carbocycles. The van der Waals surface area contributed by atoms with Crippen molar-refractivity contribution in [3.63, 3.8) is 0 Å². The Morgan fingerprint density at radius 1 is 1.80 bits per heavy atom. The van der Waals surface area contributed by atoms with Crippen molar-refractivity contribution in [1.82, 2.24) is 0 Å². The minimum atomic E-state index is -0.315.